The third kappa shape index (κ3) is 7.65. The fourth-order valence-corrected chi connectivity index (χ4v) is 1.59. The number of hydrogen-bond donors (Lipinski definition) is 0. The lowest BCUT2D eigenvalue weighted by Gasteiger charge is -2.13. The molecule has 1 atom stereocenters. The van der Waals surface area contributed by atoms with Crippen LogP contribution in [-0.4, -0.2) is 11.0 Å². The van der Waals surface area contributed by atoms with Crippen molar-refractivity contribution < 1.29 is 13.2 Å². The lowest BCUT2D eigenvalue weighted by Crippen LogP contribution is -2.22. The zero-order chi connectivity index (χ0) is 11.0. The molecule has 0 aromatic heterocycles. The molecule has 0 radical (unpaired) electrons. The van der Waals surface area contributed by atoms with E-state index in [2.05, 4.69) is 22.9 Å². The Morgan fingerprint density at radius 2 is 1.50 bits per heavy atom. The number of hydrogen-bond acceptors (Lipinski definition) is 0. The van der Waals surface area contributed by atoms with Gasteiger partial charge in [-0.1, -0.05) is 61.4 Å². The molecule has 0 unspecified atom stereocenters. The molecule has 0 aliphatic rings. The first-order valence-electron chi connectivity index (χ1n) is 5.19. The normalized spacial score (nSPS) is 14.4. The van der Waals surface area contributed by atoms with Gasteiger partial charge in [-0.3, -0.25) is 0 Å². The van der Waals surface area contributed by atoms with Gasteiger partial charge in [0.2, 0.25) is 0 Å². The van der Waals surface area contributed by atoms with E-state index < -0.39 is 11.0 Å². The minimum Gasteiger partial charge on any atom is -0.170 e. The van der Waals surface area contributed by atoms with E-state index >= 15 is 0 Å². The molecule has 0 nitrogen and oxygen atoms in total. The molecule has 0 spiro atoms. The molecule has 0 rings (SSSR count). The van der Waals surface area contributed by atoms with Crippen LogP contribution in [0.15, 0.2) is 0 Å². The first-order chi connectivity index (χ1) is 6.48. The van der Waals surface area contributed by atoms with Crippen molar-refractivity contribution in [2.45, 2.75) is 62.9 Å². The standard InChI is InChI=1S/C10H18BrF3/c1-2-3-4-5-6-7-8-9(11)10(12,13)14/h9H,2-8H2,1H3/t9-/m1/s1. The molecule has 14 heavy (non-hydrogen) atoms. The highest BCUT2D eigenvalue weighted by atomic mass is 79.9. The van der Waals surface area contributed by atoms with Crippen molar-refractivity contribution in [2.75, 3.05) is 0 Å². The zero-order valence-corrected chi connectivity index (χ0v) is 10.1. The number of unbranched alkanes of at least 4 members (excludes halogenated alkanes) is 5. The van der Waals surface area contributed by atoms with Crippen molar-refractivity contribution in [3.05, 3.63) is 0 Å². The third-order valence-electron chi connectivity index (χ3n) is 2.17. The summed E-state index contributed by atoms with van der Waals surface area (Å²) in [6.07, 6.45) is 2.28. The van der Waals surface area contributed by atoms with Crippen LogP contribution in [0.25, 0.3) is 0 Å². The average molecular weight is 275 g/mol. The fraction of sp³-hybridized carbons (Fsp3) is 1.00. The minimum absolute atomic E-state index is 0.204. The van der Waals surface area contributed by atoms with E-state index in [0.29, 0.717) is 6.42 Å². The summed E-state index contributed by atoms with van der Waals surface area (Å²) in [6.45, 7) is 2.12. The van der Waals surface area contributed by atoms with Gasteiger partial charge in [0.05, 0.1) is 0 Å². The van der Waals surface area contributed by atoms with Crippen LogP contribution in [0.5, 0.6) is 0 Å². The Kier molecular flexibility index (Phi) is 7.69. The summed E-state index contributed by atoms with van der Waals surface area (Å²) in [6, 6.07) is 0. The van der Waals surface area contributed by atoms with E-state index in [1.807, 2.05) is 0 Å². The Hall–Kier alpha value is 0.270. The molecule has 0 N–H and O–H groups in total. The maximum absolute atomic E-state index is 12.0. The summed E-state index contributed by atoms with van der Waals surface area (Å²) in [4.78, 5) is -1.32. The molecule has 0 heterocycles. The molecule has 0 bridgehead atoms. The van der Waals surface area contributed by atoms with Crippen molar-refractivity contribution in [2.24, 2.45) is 0 Å². The first-order valence-corrected chi connectivity index (χ1v) is 6.10. The summed E-state index contributed by atoms with van der Waals surface area (Å²) >= 11 is 2.66. The summed E-state index contributed by atoms with van der Waals surface area (Å²) in [5.41, 5.74) is 0. The predicted molar refractivity (Wildman–Crippen MR) is 56.8 cm³/mol. The largest absolute Gasteiger partial charge is 0.401 e. The van der Waals surface area contributed by atoms with Crippen LogP contribution in [0.1, 0.15) is 51.9 Å². The Labute approximate surface area is 92.4 Å². The number of rotatable bonds is 7. The van der Waals surface area contributed by atoms with Gasteiger partial charge in [-0.15, -0.1) is 0 Å². The van der Waals surface area contributed by atoms with E-state index in [4.69, 9.17) is 0 Å². The highest BCUT2D eigenvalue weighted by Gasteiger charge is 2.36. The molecule has 0 saturated carbocycles. The van der Waals surface area contributed by atoms with Crippen molar-refractivity contribution in [3.63, 3.8) is 0 Å². The predicted octanol–water partition coefficient (Wildman–Crippen LogP) is 5.06. The van der Waals surface area contributed by atoms with Gasteiger partial charge in [0.1, 0.15) is 4.83 Å². The Bertz CT molecular complexity index is 134. The second-order valence-corrected chi connectivity index (χ2v) is 4.67. The third-order valence-corrected chi connectivity index (χ3v) is 3.14. The van der Waals surface area contributed by atoms with Crippen molar-refractivity contribution in [1.82, 2.24) is 0 Å². The maximum atomic E-state index is 12.0. The van der Waals surface area contributed by atoms with Gasteiger partial charge in [-0.05, 0) is 6.42 Å². The Morgan fingerprint density at radius 3 is 2.00 bits per heavy atom. The molecule has 0 aliphatic carbocycles. The monoisotopic (exact) mass is 274 g/mol. The molecule has 86 valence electrons. The molecule has 0 amide bonds. The average Bonchev–Trinajstić information content (AvgIpc) is 2.09. The molecule has 0 saturated heterocycles. The maximum Gasteiger partial charge on any atom is 0.401 e. The van der Waals surface area contributed by atoms with E-state index in [0.717, 1.165) is 19.3 Å². The Morgan fingerprint density at radius 1 is 1.00 bits per heavy atom. The molecule has 4 heteroatoms. The van der Waals surface area contributed by atoms with Crippen LogP contribution in [0.4, 0.5) is 13.2 Å². The lowest BCUT2D eigenvalue weighted by atomic mass is 10.1. The molecule has 0 aromatic carbocycles. The van der Waals surface area contributed by atoms with Crippen LogP contribution in [-0.2, 0) is 0 Å². The van der Waals surface area contributed by atoms with Gasteiger partial charge in [0.25, 0.3) is 0 Å². The van der Waals surface area contributed by atoms with Gasteiger partial charge < -0.3 is 0 Å². The summed E-state index contributed by atoms with van der Waals surface area (Å²) in [7, 11) is 0. The lowest BCUT2D eigenvalue weighted by molar-refractivity contribution is -0.128. The topological polar surface area (TPSA) is 0 Å². The van der Waals surface area contributed by atoms with Gasteiger partial charge in [0.15, 0.2) is 0 Å². The first kappa shape index (κ1) is 14.3. The highest BCUT2D eigenvalue weighted by molar-refractivity contribution is 9.09. The molecule has 0 aromatic rings. The minimum atomic E-state index is -4.08. The fourth-order valence-electron chi connectivity index (χ4n) is 1.27. The van der Waals surface area contributed by atoms with E-state index in [1.54, 1.807) is 0 Å². The van der Waals surface area contributed by atoms with Gasteiger partial charge in [0, 0.05) is 0 Å². The van der Waals surface area contributed by atoms with Crippen molar-refractivity contribution >= 4 is 15.9 Å². The van der Waals surface area contributed by atoms with Crippen LogP contribution in [0.3, 0.4) is 0 Å². The molecular weight excluding hydrogens is 257 g/mol. The van der Waals surface area contributed by atoms with Gasteiger partial charge >= 0.3 is 6.18 Å². The summed E-state index contributed by atoms with van der Waals surface area (Å²) in [5, 5.41) is 0. The SMILES string of the molecule is CCCCCCCC[C@@H](Br)C(F)(F)F. The van der Waals surface area contributed by atoms with Crippen LogP contribution >= 0.6 is 15.9 Å². The highest BCUT2D eigenvalue weighted by Crippen LogP contribution is 2.30. The zero-order valence-electron chi connectivity index (χ0n) is 8.54. The Balaban J connectivity index is 3.28. The van der Waals surface area contributed by atoms with Crippen molar-refractivity contribution in [1.29, 1.82) is 0 Å². The summed E-state index contributed by atoms with van der Waals surface area (Å²) in [5.74, 6) is 0. The smallest absolute Gasteiger partial charge is 0.170 e. The van der Waals surface area contributed by atoms with Gasteiger partial charge in [-0.25, -0.2) is 0 Å². The molecule has 0 aliphatic heterocycles. The number of halogens is 4. The van der Waals surface area contributed by atoms with Crippen LogP contribution in [0, 0.1) is 0 Å². The quantitative estimate of drug-likeness (QED) is 0.450. The van der Waals surface area contributed by atoms with E-state index in [9.17, 15) is 13.2 Å². The second kappa shape index (κ2) is 7.55. The van der Waals surface area contributed by atoms with Crippen LogP contribution in [0.2, 0.25) is 0 Å². The second-order valence-electron chi connectivity index (χ2n) is 3.57. The van der Waals surface area contributed by atoms with Crippen LogP contribution < -0.4 is 0 Å². The molecule has 0 fully saturated rings. The summed E-state index contributed by atoms with van der Waals surface area (Å²) < 4.78 is 36.1. The van der Waals surface area contributed by atoms with Gasteiger partial charge in [-0.2, -0.15) is 13.2 Å². The van der Waals surface area contributed by atoms with Crippen molar-refractivity contribution in [3.8, 4) is 0 Å². The van der Waals surface area contributed by atoms with E-state index in [1.165, 1.54) is 12.8 Å². The molecular formula is C10H18BrF3. The number of alkyl halides is 4. The van der Waals surface area contributed by atoms with E-state index in [-0.39, 0.29) is 6.42 Å².